The largest absolute Gasteiger partial charge is 0.353 e. The van der Waals surface area contributed by atoms with Crippen LogP contribution in [0.1, 0.15) is 0 Å². The van der Waals surface area contributed by atoms with E-state index in [0.717, 1.165) is 10.9 Å². The number of nitrogens with zero attached hydrogens (tertiary/aromatic N) is 1. The SMILES string of the molecule is O=S(=O)(O)c1cccc2[nH]c(-c3n[nH]c4cc(Cl)ccc34)cc12. The average molecular weight is 348 g/mol. The molecule has 2 aromatic carbocycles. The fourth-order valence-corrected chi connectivity index (χ4v) is 3.55. The molecule has 0 unspecified atom stereocenters. The lowest BCUT2D eigenvalue weighted by atomic mass is 10.1. The molecule has 0 fully saturated rings. The number of fused-ring (bicyclic) bond motifs is 2. The van der Waals surface area contributed by atoms with Crippen molar-refractivity contribution in [3.8, 4) is 11.4 Å². The Morgan fingerprint density at radius 1 is 1.04 bits per heavy atom. The highest BCUT2D eigenvalue weighted by Crippen LogP contribution is 2.32. The van der Waals surface area contributed by atoms with Crippen molar-refractivity contribution in [2.45, 2.75) is 4.90 Å². The van der Waals surface area contributed by atoms with Gasteiger partial charge in [0.25, 0.3) is 10.1 Å². The Bertz CT molecular complexity index is 1160. The molecule has 0 aliphatic heterocycles. The van der Waals surface area contributed by atoms with Crippen LogP contribution in [0.4, 0.5) is 0 Å². The molecule has 2 heterocycles. The molecule has 8 heteroatoms. The van der Waals surface area contributed by atoms with Gasteiger partial charge >= 0.3 is 0 Å². The first kappa shape index (κ1) is 14.3. The summed E-state index contributed by atoms with van der Waals surface area (Å²) in [6, 6.07) is 11.7. The smallest absolute Gasteiger partial charge is 0.295 e. The van der Waals surface area contributed by atoms with Gasteiger partial charge in [0, 0.05) is 21.3 Å². The number of halogens is 1. The van der Waals surface area contributed by atoms with E-state index in [1.54, 1.807) is 30.3 Å². The molecular formula is C15H10ClN3O3S. The minimum absolute atomic E-state index is 0.139. The first-order chi connectivity index (χ1) is 10.9. The number of hydrogen-bond donors (Lipinski definition) is 3. The van der Waals surface area contributed by atoms with Crippen LogP contribution >= 0.6 is 11.6 Å². The van der Waals surface area contributed by atoms with E-state index >= 15 is 0 Å². The standard InChI is InChI=1S/C15H10ClN3O3S/c16-8-4-5-9-12(6-8)18-19-15(9)13-7-10-11(17-13)2-1-3-14(10)23(20,21)22/h1-7,17H,(H,18,19)(H,20,21,22). The second-order valence-electron chi connectivity index (χ2n) is 5.14. The highest BCUT2D eigenvalue weighted by Gasteiger charge is 2.17. The Balaban J connectivity index is 1.99. The molecule has 23 heavy (non-hydrogen) atoms. The molecule has 0 aliphatic carbocycles. The summed E-state index contributed by atoms with van der Waals surface area (Å²) in [6.07, 6.45) is 0. The van der Waals surface area contributed by atoms with Crippen LogP contribution in [-0.4, -0.2) is 28.2 Å². The van der Waals surface area contributed by atoms with Crippen molar-refractivity contribution >= 4 is 43.5 Å². The minimum Gasteiger partial charge on any atom is -0.353 e. The van der Waals surface area contributed by atoms with Gasteiger partial charge in [-0.2, -0.15) is 13.5 Å². The maximum absolute atomic E-state index is 11.5. The van der Waals surface area contributed by atoms with Crippen LogP contribution in [0, 0.1) is 0 Å². The number of H-pyrrole nitrogens is 2. The van der Waals surface area contributed by atoms with Gasteiger partial charge in [-0.15, -0.1) is 0 Å². The molecular weight excluding hydrogens is 338 g/mol. The van der Waals surface area contributed by atoms with Crippen LogP contribution in [0.3, 0.4) is 0 Å². The van der Waals surface area contributed by atoms with Gasteiger partial charge in [-0.05, 0) is 36.4 Å². The summed E-state index contributed by atoms with van der Waals surface area (Å²) in [5, 5.41) is 9.02. The summed E-state index contributed by atoms with van der Waals surface area (Å²) in [5.74, 6) is 0. The second kappa shape index (κ2) is 4.82. The normalized spacial score (nSPS) is 12.3. The Labute approximate surface area is 135 Å². The van der Waals surface area contributed by atoms with Gasteiger partial charge in [0.2, 0.25) is 0 Å². The van der Waals surface area contributed by atoms with E-state index in [1.165, 1.54) is 6.07 Å². The van der Waals surface area contributed by atoms with Crippen molar-refractivity contribution < 1.29 is 13.0 Å². The van der Waals surface area contributed by atoms with Gasteiger partial charge in [0.05, 0.1) is 11.2 Å². The number of aromatic nitrogens is 3. The number of nitrogens with one attached hydrogen (secondary N) is 2. The summed E-state index contributed by atoms with van der Waals surface area (Å²) in [6.45, 7) is 0. The lowest BCUT2D eigenvalue weighted by Crippen LogP contribution is -1.97. The molecule has 0 atom stereocenters. The molecule has 0 spiro atoms. The van der Waals surface area contributed by atoms with E-state index < -0.39 is 10.1 Å². The van der Waals surface area contributed by atoms with Crippen molar-refractivity contribution in [1.82, 2.24) is 15.2 Å². The van der Waals surface area contributed by atoms with E-state index in [9.17, 15) is 13.0 Å². The lowest BCUT2D eigenvalue weighted by molar-refractivity contribution is 0.484. The van der Waals surface area contributed by atoms with Gasteiger partial charge in [-0.3, -0.25) is 9.65 Å². The highest BCUT2D eigenvalue weighted by molar-refractivity contribution is 7.86. The Morgan fingerprint density at radius 2 is 1.87 bits per heavy atom. The molecule has 0 saturated carbocycles. The zero-order chi connectivity index (χ0) is 16.2. The summed E-state index contributed by atoms with van der Waals surface area (Å²) in [4.78, 5) is 2.99. The predicted octanol–water partition coefficient (Wildman–Crippen LogP) is 3.61. The van der Waals surface area contributed by atoms with Crippen molar-refractivity contribution in [3.63, 3.8) is 0 Å². The number of benzene rings is 2. The van der Waals surface area contributed by atoms with Gasteiger partial charge in [-0.1, -0.05) is 17.7 Å². The summed E-state index contributed by atoms with van der Waals surface area (Å²) in [5.41, 5.74) is 2.67. The van der Waals surface area contributed by atoms with Crippen LogP contribution < -0.4 is 0 Å². The number of hydrogen-bond acceptors (Lipinski definition) is 3. The van der Waals surface area contributed by atoms with Crippen molar-refractivity contribution in [2.24, 2.45) is 0 Å². The molecule has 0 aliphatic rings. The quantitative estimate of drug-likeness (QED) is 0.482. The minimum atomic E-state index is -4.30. The van der Waals surface area contributed by atoms with E-state index in [0.29, 0.717) is 27.3 Å². The summed E-state index contributed by atoms with van der Waals surface area (Å²) < 4.78 is 32.3. The molecule has 4 aromatic rings. The molecule has 4 rings (SSSR count). The predicted molar refractivity (Wildman–Crippen MR) is 88.2 cm³/mol. The van der Waals surface area contributed by atoms with Crippen LogP contribution in [0.25, 0.3) is 33.2 Å². The Hall–Kier alpha value is -2.35. The van der Waals surface area contributed by atoms with Crippen LogP contribution in [0.2, 0.25) is 5.02 Å². The zero-order valence-electron chi connectivity index (χ0n) is 11.5. The molecule has 2 aromatic heterocycles. The molecule has 0 saturated heterocycles. The van der Waals surface area contributed by atoms with Gasteiger partial charge < -0.3 is 4.98 Å². The van der Waals surface area contributed by atoms with Crippen LogP contribution in [0.5, 0.6) is 0 Å². The topological polar surface area (TPSA) is 98.8 Å². The fourth-order valence-electron chi connectivity index (χ4n) is 2.68. The van der Waals surface area contributed by atoms with Crippen molar-refractivity contribution in [2.75, 3.05) is 0 Å². The number of aromatic amines is 2. The van der Waals surface area contributed by atoms with E-state index in [-0.39, 0.29) is 4.90 Å². The third-order valence-electron chi connectivity index (χ3n) is 3.68. The third kappa shape index (κ3) is 2.29. The van der Waals surface area contributed by atoms with Crippen LogP contribution in [-0.2, 0) is 10.1 Å². The maximum Gasteiger partial charge on any atom is 0.295 e. The van der Waals surface area contributed by atoms with Crippen LogP contribution in [0.15, 0.2) is 47.4 Å². The van der Waals surface area contributed by atoms with Gasteiger partial charge in [-0.25, -0.2) is 0 Å². The summed E-state index contributed by atoms with van der Waals surface area (Å²) >= 11 is 5.96. The zero-order valence-corrected chi connectivity index (χ0v) is 13.1. The van der Waals surface area contributed by atoms with Crippen molar-refractivity contribution in [3.05, 3.63) is 47.5 Å². The van der Waals surface area contributed by atoms with Crippen molar-refractivity contribution in [1.29, 1.82) is 0 Å². The average Bonchev–Trinajstić information content (AvgIpc) is 3.07. The molecule has 6 nitrogen and oxygen atoms in total. The monoisotopic (exact) mass is 347 g/mol. The first-order valence-corrected chi connectivity index (χ1v) is 8.48. The van der Waals surface area contributed by atoms with E-state index in [4.69, 9.17) is 11.6 Å². The Morgan fingerprint density at radius 3 is 2.65 bits per heavy atom. The first-order valence-electron chi connectivity index (χ1n) is 6.67. The highest BCUT2D eigenvalue weighted by atomic mass is 35.5. The molecule has 0 amide bonds. The van der Waals surface area contributed by atoms with Gasteiger partial charge in [0.1, 0.15) is 10.6 Å². The second-order valence-corrected chi connectivity index (χ2v) is 6.96. The molecule has 0 bridgehead atoms. The lowest BCUT2D eigenvalue weighted by Gasteiger charge is -1.97. The number of rotatable bonds is 2. The molecule has 116 valence electrons. The summed E-state index contributed by atoms with van der Waals surface area (Å²) in [7, 11) is -4.30. The molecule has 0 radical (unpaired) electrons. The molecule has 3 N–H and O–H groups in total. The van der Waals surface area contributed by atoms with E-state index in [2.05, 4.69) is 15.2 Å². The Kier molecular flexibility index (Phi) is 2.99. The van der Waals surface area contributed by atoms with E-state index in [1.807, 2.05) is 6.07 Å². The third-order valence-corrected chi connectivity index (χ3v) is 4.83. The maximum atomic E-state index is 11.5. The van der Waals surface area contributed by atoms with Gasteiger partial charge in [0.15, 0.2) is 0 Å². The fraction of sp³-hybridized carbons (Fsp3) is 0.